The Labute approximate surface area is 99.5 Å². The van der Waals surface area contributed by atoms with Crippen molar-refractivity contribution in [1.82, 2.24) is 0 Å². The molecule has 1 aromatic carbocycles. The minimum absolute atomic E-state index is 0.233. The molecule has 0 radical (unpaired) electrons. The molecule has 0 aliphatic carbocycles. The molecule has 1 rings (SSSR count). The third-order valence-electron chi connectivity index (χ3n) is 3.06. The fraction of sp³-hybridized carbons (Fsp3) is 0.600. The van der Waals surface area contributed by atoms with Gasteiger partial charge in [-0.25, -0.2) is 0 Å². The first-order valence-corrected chi connectivity index (χ1v) is 6.13. The lowest BCUT2D eigenvalue weighted by molar-refractivity contribution is 0.230. The average molecular weight is 220 g/mol. The van der Waals surface area contributed by atoms with Gasteiger partial charge in [-0.1, -0.05) is 52.0 Å². The third-order valence-corrected chi connectivity index (χ3v) is 3.06. The quantitative estimate of drug-likeness (QED) is 0.822. The van der Waals surface area contributed by atoms with Crippen molar-refractivity contribution in [3.05, 3.63) is 35.4 Å². The van der Waals surface area contributed by atoms with E-state index < -0.39 is 0 Å². The molecule has 1 atom stereocenters. The molecule has 1 aromatic rings. The van der Waals surface area contributed by atoms with Gasteiger partial charge >= 0.3 is 0 Å². The second-order valence-electron chi connectivity index (χ2n) is 5.77. The Morgan fingerprint density at radius 1 is 1.12 bits per heavy atom. The van der Waals surface area contributed by atoms with Gasteiger partial charge in [0, 0.05) is 6.61 Å². The molecule has 1 N–H and O–H groups in total. The van der Waals surface area contributed by atoms with Crippen LogP contribution in [0.4, 0.5) is 0 Å². The number of benzene rings is 1. The number of aryl methyl sites for hydroxylation is 1. The molecule has 0 spiro atoms. The van der Waals surface area contributed by atoms with Crippen molar-refractivity contribution < 1.29 is 5.11 Å². The first kappa shape index (κ1) is 13.2. The largest absolute Gasteiger partial charge is 0.396 e. The highest BCUT2D eigenvalue weighted by molar-refractivity contribution is 5.27. The average Bonchev–Trinajstić information content (AvgIpc) is 2.25. The highest BCUT2D eigenvalue weighted by Crippen LogP contribution is 2.22. The molecular weight excluding hydrogens is 196 g/mol. The van der Waals surface area contributed by atoms with Gasteiger partial charge in [-0.2, -0.15) is 0 Å². The van der Waals surface area contributed by atoms with Gasteiger partial charge in [0.2, 0.25) is 0 Å². The Bertz CT molecular complexity index is 305. The zero-order chi connectivity index (χ0) is 12.2. The summed E-state index contributed by atoms with van der Waals surface area (Å²) in [6, 6.07) is 8.87. The van der Waals surface area contributed by atoms with Crippen molar-refractivity contribution in [3.8, 4) is 0 Å². The van der Waals surface area contributed by atoms with Crippen LogP contribution in [-0.2, 0) is 11.8 Å². The minimum atomic E-state index is 0.233. The highest BCUT2D eigenvalue weighted by atomic mass is 16.3. The molecule has 1 unspecified atom stereocenters. The molecule has 0 amide bonds. The Morgan fingerprint density at radius 2 is 1.69 bits per heavy atom. The van der Waals surface area contributed by atoms with Crippen molar-refractivity contribution in [2.45, 2.75) is 46.0 Å². The summed E-state index contributed by atoms with van der Waals surface area (Å²) in [7, 11) is 0. The SMILES string of the molecule is CC(CO)CCc1ccc(C(C)(C)C)cc1. The van der Waals surface area contributed by atoms with Crippen LogP contribution < -0.4 is 0 Å². The van der Waals surface area contributed by atoms with Gasteiger partial charge in [0.25, 0.3) is 0 Å². The van der Waals surface area contributed by atoms with E-state index in [1.807, 2.05) is 0 Å². The Hall–Kier alpha value is -0.820. The van der Waals surface area contributed by atoms with Gasteiger partial charge < -0.3 is 5.11 Å². The highest BCUT2D eigenvalue weighted by Gasteiger charge is 2.12. The number of hydrogen-bond donors (Lipinski definition) is 1. The first-order chi connectivity index (χ1) is 7.43. The molecule has 16 heavy (non-hydrogen) atoms. The maximum Gasteiger partial charge on any atom is 0.0456 e. The zero-order valence-corrected chi connectivity index (χ0v) is 11.0. The molecule has 0 bridgehead atoms. The number of aliphatic hydroxyl groups excluding tert-OH is 1. The van der Waals surface area contributed by atoms with Gasteiger partial charge in [0.1, 0.15) is 0 Å². The van der Waals surface area contributed by atoms with E-state index in [1.54, 1.807) is 0 Å². The Kier molecular flexibility index (Phi) is 4.55. The zero-order valence-electron chi connectivity index (χ0n) is 11.0. The van der Waals surface area contributed by atoms with Crippen LogP contribution >= 0.6 is 0 Å². The maximum absolute atomic E-state index is 8.96. The fourth-order valence-corrected chi connectivity index (χ4v) is 1.68. The van der Waals surface area contributed by atoms with Crippen LogP contribution in [0.25, 0.3) is 0 Å². The maximum atomic E-state index is 8.96. The summed E-state index contributed by atoms with van der Waals surface area (Å²) in [6.07, 6.45) is 2.12. The van der Waals surface area contributed by atoms with Crippen LogP contribution in [-0.4, -0.2) is 11.7 Å². The lowest BCUT2D eigenvalue weighted by Crippen LogP contribution is -2.10. The standard InChI is InChI=1S/C15H24O/c1-12(11-16)5-6-13-7-9-14(10-8-13)15(2,3)4/h7-10,12,16H,5-6,11H2,1-4H3. The van der Waals surface area contributed by atoms with Crippen LogP contribution in [0.2, 0.25) is 0 Å². The van der Waals surface area contributed by atoms with E-state index >= 15 is 0 Å². The van der Waals surface area contributed by atoms with Gasteiger partial charge in [-0.05, 0) is 35.3 Å². The van der Waals surface area contributed by atoms with Gasteiger partial charge in [-0.15, -0.1) is 0 Å². The molecule has 0 aromatic heterocycles. The van der Waals surface area contributed by atoms with Gasteiger partial charge in [0.05, 0.1) is 0 Å². The Balaban J connectivity index is 2.58. The second kappa shape index (κ2) is 5.49. The van der Waals surface area contributed by atoms with E-state index in [0.29, 0.717) is 12.5 Å². The lowest BCUT2D eigenvalue weighted by Gasteiger charge is -2.19. The fourth-order valence-electron chi connectivity index (χ4n) is 1.68. The number of rotatable bonds is 4. The van der Waals surface area contributed by atoms with E-state index in [2.05, 4.69) is 52.0 Å². The molecule has 0 aliphatic rings. The molecular formula is C15H24O. The van der Waals surface area contributed by atoms with Crippen molar-refractivity contribution in [1.29, 1.82) is 0 Å². The third kappa shape index (κ3) is 3.97. The molecule has 0 saturated carbocycles. The topological polar surface area (TPSA) is 20.2 Å². The summed E-state index contributed by atoms with van der Waals surface area (Å²) in [4.78, 5) is 0. The smallest absolute Gasteiger partial charge is 0.0456 e. The van der Waals surface area contributed by atoms with Crippen molar-refractivity contribution in [2.75, 3.05) is 6.61 Å². The van der Waals surface area contributed by atoms with Crippen LogP contribution in [0.3, 0.4) is 0 Å². The summed E-state index contributed by atoms with van der Waals surface area (Å²) < 4.78 is 0. The lowest BCUT2D eigenvalue weighted by atomic mass is 9.86. The predicted molar refractivity (Wildman–Crippen MR) is 69.7 cm³/mol. The van der Waals surface area contributed by atoms with Crippen molar-refractivity contribution >= 4 is 0 Å². The monoisotopic (exact) mass is 220 g/mol. The molecule has 0 heterocycles. The first-order valence-electron chi connectivity index (χ1n) is 6.13. The Morgan fingerprint density at radius 3 is 2.12 bits per heavy atom. The van der Waals surface area contributed by atoms with Crippen LogP contribution in [0.15, 0.2) is 24.3 Å². The molecule has 1 nitrogen and oxygen atoms in total. The van der Waals surface area contributed by atoms with E-state index in [4.69, 9.17) is 5.11 Å². The minimum Gasteiger partial charge on any atom is -0.396 e. The molecule has 0 saturated heterocycles. The predicted octanol–water partition coefficient (Wildman–Crippen LogP) is 3.55. The normalized spacial score (nSPS) is 13.8. The summed E-state index contributed by atoms with van der Waals surface area (Å²) in [6.45, 7) is 9.07. The number of hydrogen-bond acceptors (Lipinski definition) is 1. The van der Waals surface area contributed by atoms with E-state index in [1.165, 1.54) is 11.1 Å². The van der Waals surface area contributed by atoms with E-state index in [-0.39, 0.29) is 5.41 Å². The molecule has 90 valence electrons. The van der Waals surface area contributed by atoms with Gasteiger partial charge in [0.15, 0.2) is 0 Å². The van der Waals surface area contributed by atoms with Crippen LogP contribution in [0.1, 0.15) is 45.2 Å². The number of aliphatic hydroxyl groups is 1. The van der Waals surface area contributed by atoms with Crippen molar-refractivity contribution in [3.63, 3.8) is 0 Å². The van der Waals surface area contributed by atoms with E-state index in [9.17, 15) is 0 Å². The van der Waals surface area contributed by atoms with E-state index in [0.717, 1.165) is 12.8 Å². The second-order valence-corrected chi connectivity index (χ2v) is 5.77. The molecule has 0 aliphatic heterocycles. The summed E-state index contributed by atoms with van der Waals surface area (Å²) in [5.41, 5.74) is 2.98. The van der Waals surface area contributed by atoms with Crippen LogP contribution in [0, 0.1) is 5.92 Å². The molecule has 0 fully saturated rings. The van der Waals surface area contributed by atoms with Gasteiger partial charge in [-0.3, -0.25) is 0 Å². The molecule has 1 heteroatoms. The summed E-state index contributed by atoms with van der Waals surface area (Å²) in [5, 5.41) is 8.96. The van der Waals surface area contributed by atoms with Crippen LogP contribution in [0.5, 0.6) is 0 Å². The van der Waals surface area contributed by atoms with Crippen molar-refractivity contribution in [2.24, 2.45) is 5.92 Å². The summed E-state index contributed by atoms with van der Waals surface area (Å²) in [5.74, 6) is 0.405. The summed E-state index contributed by atoms with van der Waals surface area (Å²) >= 11 is 0.